The van der Waals surface area contributed by atoms with Crippen LogP contribution in [0.3, 0.4) is 0 Å². The first-order chi connectivity index (χ1) is 12.0. The Labute approximate surface area is 148 Å². The molecular formula is C18H13ClN2O4. The van der Waals surface area contributed by atoms with Gasteiger partial charge in [0.15, 0.2) is 6.61 Å². The number of nitro groups is 1. The summed E-state index contributed by atoms with van der Waals surface area (Å²) in [5, 5.41) is 15.4. The first kappa shape index (κ1) is 16.7. The molecule has 0 aromatic heterocycles. The van der Waals surface area contributed by atoms with Crippen molar-refractivity contribution in [3.63, 3.8) is 0 Å². The fourth-order valence-electron chi connectivity index (χ4n) is 2.31. The molecule has 25 heavy (non-hydrogen) atoms. The monoisotopic (exact) mass is 356 g/mol. The Hall–Kier alpha value is -3.12. The van der Waals surface area contributed by atoms with Crippen molar-refractivity contribution in [3.05, 3.63) is 75.8 Å². The van der Waals surface area contributed by atoms with Crippen molar-refractivity contribution in [2.24, 2.45) is 0 Å². The smallest absolute Gasteiger partial charge is 0.271 e. The molecule has 3 aromatic rings. The number of hydrogen-bond donors (Lipinski definition) is 1. The number of rotatable bonds is 5. The number of non-ortho nitro benzene ring substituents is 1. The minimum atomic E-state index is -0.555. The van der Waals surface area contributed by atoms with Gasteiger partial charge in [0.05, 0.1) is 15.6 Å². The standard InChI is InChI=1S/C18H13ClN2O4/c19-16-10-14(21(23)24)6-8-17(16)20-18(22)11-25-15-7-5-12-3-1-2-4-13(12)9-15/h1-10H,11H2,(H,20,22). The summed E-state index contributed by atoms with van der Waals surface area (Å²) >= 11 is 5.94. The number of benzene rings is 3. The lowest BCUT2D eigenvalue weighted by Crippen LogP contribution is -2.20. The van der Waals surface area contributed by atoms with E-state index in [1.54, 1.807) is 6.07 Å². The molecular weight excluding hydrogens is 344 g/mol. The largest absolute Gasteiger partial charge is 0.484 e. The van der Waals surface area contributed by atoms with Crippen LogP contribution in [-0.2, 0) is 4.79 Å². The molecule has 3 aromatic carbocycles. The maximum atomic E-state index is 12.0. The van der Waals surface area contributed by atoms with Crippen LogP contribution in [0.4, 0.5) is 11.4 Å². The van der Waals surface area contributed by atoms with E-state index in [1.807, 2.05) is 36.4 Å². The highest BCUT2D eigenvalue weighted by Crippen LogP contribution is 2.26. The third-order valence-corrected chi connectivity index (χ3v) is 3.84. The van der Waals surface area contributed by atoms with E-state index < -0.39 is 10.8 Å². The molecule has 0 spiro atoms. The molecule has 3 rings (SSSR count). The van der Waals surface area contributed by atoms with E-state index in [4.69, 9.17) is 16.3 Å². The number of ether oxygens (including phenoxy) is 1. The lowest BCUT2D eigenvalue weighted by molar-refractivity contribution is -0.384. The van der Waals surface area contributed by atoms with Crippen LogP contribution >= 0.6 is 11.6 Å². The molecule has 0 fully saturated rings. The molecule has 0 heterocycles. The SMILES string of the molecule is O=C(COc1ccc2ccccc2c1)Nc1ccc([N+](=O)[O-])cc1Cl. The molecule has 126 valence electrons. The second-order valence-corrected chi connectivity index (χ2v) is 5.67. The average molecular weight is 357 g/mol. The third kappa shape index (κ3) is 4.05. The van der Waals surface area contributed by atoms with Crippen molar-refractivity contribution in [2.75, 3.05) is 11.9 Å². The van der Waals surface area contributed by atoms with Gasteiger partial charge < -0.3 is 10.1 Å². The molecule has 0 bridgehead atoms. The van der Waals surface area contributed by atoms with Crippen LogP contribution in [0.5, 0.6) is 5.75 Å². The summed E-state index contributed by atoms with van der Waals surface area (Å²) in [6.07, 6.45) is 0. The zero-order chi connectivity index (χ0) is 17.8. The predicted molar refractivity (Wildman–Crippen MR) is 96.2 cm³/mol. The van der Waals surface area contributed by atoms with Crippen LogP contribution in [0.25, 0.3) is 10.8 Å². The normalized spacial score (nSPS) is 10.4. The molecule has 0 saturated heterocycles. The number of amides is 1. The molecule has 0 aliphatic rings. The lowest BCUT2D eigenvalue weighted by Gasteiger charge is -2.09. The number of hydrogen-bond acceptors (Lipinski definition) is 4. The van der Waals surface area contributed by atoms with E-state index in [-0.39, 0.29) is 17.3 Å². The Morgan fingerprint density at radius 3 is 2.56 bits per heavy atom. The van der Waals surface area contributed by atoms with Crippen molar-refractivity contribution in [1.29, 1.82) is 0 Å². The van der Waals surface area contributed by atoms with Crippen LogP contribution < -0.4 is 10.1 Å². The van der Waals surface area contributed by atoms with Crippen molar-refractivity contribution in [3.8, 4) is 5.75 Å². The molecule has 1 N–H and O–H groups in total. The molecule has 0 radical (unpaired) electrons. The van der Waals surface area contributed by atoms with Gasteiger partial charge in [-0.15, -0.1) is 0 Å². The Morgan fingerprint density at radius 1 is 1.08 bits per heavy atom. The van der Waals surface area contributed by atoms with Crippen LogP contribution in [0.15, 0.2) is 60.7 Å². The highest BCUT2D eigenvalue weighted by Gasteiger charge is 2.12. The van der Waals surface area contributed by atoms with Crippen LogP contribution in [0, 0.1) is 10.1 Å². The first-order valence-corrected chi connectivity index (χ1v) is 7.76. The van der Waals surface area contributed by atoms with E-state index in [0.29, 0.717) is 11.4 Å². The summed E-state index contributed by atoms with van der Waals surface area (Å²) in [6, 6.07) is 17.2. The number of nitro benzene ring substituents is 1. The number of anilines is 1. The van der Waals surface area contributed by atoms with Crippen molar-refractivity contribution in [2.45, 2.75) is 0 Å². The van der Waals surface area contributed by atoms with Crippen LogP contribution in [0.1, 0.15) is 0 Å². The van der Waals surface area contributed by atoms with Crippen LogP contribution in [0.2, 0.25) is 5.02 Å². The Balaban J connectivity index is 1.63. The molecule has 0 aliphatic heterocycles. The quantitative estimate of drug-likeness (QED) is 0.542. The van der Waals surface area contributed by atoms with E-state index in [1.165, 1.54) is 18.2 Å². The average Bonchev–Trinajstić information content (AvgIpc) is 2.61. The van der Waals surface area contributed by atoms with Gasteiger partial charge in [-0.25, -0.2) is 0 Å². The number of halogens is 1. The van der Waals surface area contributed by atoms with E-state index in [0.717, 1.165) is 10.8 Å². The molecule has 0 unspecified atom stereocenters. The molecule has 0 saturated carbocycles. The van der Waals surface area contributed by atoms with Gasteiger partial charge in [-0.1, -0.05) is 41.9 Å². The summed E-state index contributed by atoms with van der Waals surface area (Å²) in [4.78, 5) is 22.1. The topological polar surface area (TPSA) is 81.5 Å². The fraction of sp³-hybridized carbons (Fsp3) is 0.0556. The highest BCUT2D eigenvalue weighted by atomic mass is 35.5. The fourth-order valence-corrected chi connectivity index (χ4v) is 2.53. The second kappa shape index (κ2) is 7.19. The van der Waals surface area contributed by atoms with Gasteiger partial charge in [0.25, 0.3) is 11.6 Å². The maximum Gasteiger partial charge on any atom is 0.271 e. The number of nitrogens with one attached hydrogen (secondary N) is 1. The minimum Gasteiger partial charge on any atom is -0.484 e. The van der Waals surface area contributed by atoms with Crippen molar-refractivity contribution >= 4 is 39.7 Å². The summed E-state index contributed by atoms with van der Waals surface area (Å²) in [7, 11) is 0. The van der Waals surface area contributed by atoms with Gasteiger partial charge >= 0.3 is 0 Å². The first-order valence-electron chi connectivity index (χ1n) is 7.38. The summed E-state index contributed by atoms with van der Waals surface area (Å²) < 4.78 is 5.49. The van der Waals surface area contributed by atoms with Gasteiger partial charge in [-0.2, -0.15) is 0 Å². The summed E-state index contributed by atoms with van der Waals surface area (Å²) in [5.41, 5.74) is 0.148. The Kier molecular flexibility index (Phi) is 4.81. The lowest BCUT2D eigenvalue weighted by atomic mass is 10.1. The zero-order valence-electron chi connectivity index (χ0n) is 12.9. The Morgan fingerprint density at radius 2 is 1.84 bits per heavy atom. The van der Waals surface area contributed by atoms with Crippen molar-refractivity contribution in [1.82, 2.24) is 0 Å². The van der Waals surface area contributed by atoms with Gasteiger partial charge in [0.2, 0.25) is 0 Å². The van der Waals surface area contributed by atoms with Gasteiger partial charge in [0, 0.05) is 12.1 Å². The van der Waals surface area contributed by atoms with Gasteiger partial charge in [-0.3, -0.25) is 14.9 Å². The number of carbonyl (C=O) groups is 1. The molecule has 7 heteroatoms. The predicted octanol–water partition coefficient (Wildman–Crippen LogP) is 4.42. The maximum absolute atomic E-state index is 12.0. The van der Waals surface area contributed by atoms with E-state index >= 15 is 0 Å². The van der Waals surface area contributed by atoms with Crippen molar-refractivity contribution < 1.29 is 14.5 Å². The zero-order valence-corrected chi connectivity index (χ0v) is 13.7. The molecule has 0 aliphatic carbocycles. The van der Waals surface area contributed by atoms with Gasteiger partial charge in [-0.05, 0) is 29.0 Å². The molecule has 1 amide bonds. The van der Waals surface area contributed by atoms with E-state index in [2.05, 4.69) is 5.32 Å². The summed E-state index contributed by atoms with van der Waals surface area (Å²) in [5.74, 6) is 0.160. The number of fused-ring (bicyclic) bond motifs is 1. The third-order valence-electron chi connectivity index (χ3n) is 3.53. The molecule has 0 atom stereocenters. The second-order valence-electron chi connectivity index (χ2n) is 5.27. The number of nitrogens with zero attached hydrogens (tertiary/aromatic N) is 1. The highest BCUT2D eigenvalue weighted by molar-refractivity contribution is 6.34. The minimum absolute atomic E-state index is 0.0910. The van der Waals surface area contributed by atoms with Crippen LogP contribution in [-0.4, -0.2) is 17.4 Å². The molecule has 6 nitrogen and oxygen atoms in total. The van der Waals surface area contributed by atoms with Gasteiger partial charge in [0.1, 0.15) is 5.75 Å². The summed E-state index contributed by atoms with van der Waals surface area (Å²) in [6.45, 7) is -0.203. The van der Waals surface area contributed by atoms with E-state index in [9.17, 15) is 14.9 Å². The number of carbonyl (C=O) groups excluding carboxylic acids is 1. The Bertz CT molecular complexity index is 959.